The molecule has 0 unspecified atom stereocenters. The molecule has 0 amide bonds. The molecule has 0 bridgehead atoms. The van der Waals surface area contributed by atoms with Gasteiger partial charge in [0.1, 0.15) is 0 Å². The molecular formula is C11H24Mg. The van der Waals surface area contributed by atoms with Gasteiger partial charge in [-0.25, -0.2) is 0 Å². The Kier molecular flexibility index (Phi) is 7.66. The Morgan fingerprint density at radius 3 is 2.17 bits per heavy atom. The Bertz CT molecular complexity index is 91.7. The van der Waals surface area contributed by atoms with Crippen molar-refractivity contribution in [1.29, 1.82) is 0 Å². The van der Waals surface area contributed by atoms with E-state index in [4.69, 9.17) is 0 Å². The molecule has 0 rings (SSSR count). The summed E-state index contributed by atoms with van der Waals surface area (Å²) in [5.74, 6) is 0. The molecule has 0 nitrogen and oxygen atoms in total. The highest BCUT2D eigenvalue weighted by Gasteiger charge is 2.10. The molecule has 0 saturated heterocycles. The second-order valence-corrected chi connectivity index (χ2v) is 6.99. The minimum atomic E-state index is 0.279. The Morgan fingerprint density at radius 1 is 1.00 bits per heavy atom. The van der Waals surface area contributed by atoms with Crippen LogP contribution in [0.15, 0.2) is 0 Å². The number of unbranched alkanes of at least 4 members (excludes halogenated alkanes) is 3. The molecular weight excluding hydrogens is 156 g/mol. The predicted octanol–water partition coefficient (Wildman–Crippen LogP) is 4.15. The lowest BCUT2D eigenvalue weighted by Gasteiger charge is -2.17. The maximum absolute atomic E-state index is 2.37. The van der Waals surface area contributed by atoms with Gasteiger partial charge in [-0.3, -0.25) is 0 Å². The third-order valence-electron chi connectivity index (χ3n) is 2.28. The zero-order valence-corrected chi connectivity index (χ0v) is 10.9. The van der Waals surface area contributed by atoms with E-state index in [9.17, 15) is 0 Å². The van der Waals surface area contributed by atoms with E-state index in [2.05, 4.69) is 27.7 Å². The zero-order chi connectivity index (χ0) is 9.45. The zero-order valence-electron chi connectivity index (χ0n) is 9.45. The fourth-order valence-corrected chi connectivity index (χ4v) is 3.45. The first-order valence-electron chi connectivity index (χ1n) is 5.56. The molecule has 0 heterocycles. The minimum absolute atomic E-state index is 0.279. The second-order valence-electron chi connectivity index (χ2n) is 5.08. The highest BCUT2D eigenvalue weighted by atomic mass is 24.5. The molecule has 1 heteroatoms. The molecule has 0 aliphatic carbocycles. The van der Waals surface area contributed by atoms with Crippen LogP contribution in [0.1, 0.15) is 53.4 Å². The van der Waals surface area contributed by atoms with Gasteiger partial charge in [0.2, 0.25) is 0 Å². The van der Waals surface area contributed by atoms with E-state index >= 15 is 0 Å². The summed E-state index contributed by atoms with van der Waals surface area (Å²) in [6, 6.07) is 0. The van der Waals surface area contributed by atoms with E-state index in [1.807, 2.05) is 0 Å². The molecule has 0 spiro atoms. The third-order valence-corrected chi connectivity index (χ3v) is 5.13. The van der Waals surface area contributed by atoms with Crippen LogP contribution < -0.4 is 0 Å². The van der Waals surface area contributed by atoms with Gasteiger partial charge in [0.25, 0.3) is 0 Å². The predicted molar refractivity (Wildman–Crippen MR) is 59.0 cm³/mol. The molecule has 0 aromatic heterocycles. The Labute approximate surface area is 88.2 Å². The van der Waals surface area contributed by atoms with Crippen molar-refractivity contribution in [3.8, 4) is 0 Å². The highest BCUT2D eigenvalue weighted by Crippen LogP contribution is 2.19. The lowest BCUT2D eigenvalue weighted by molar-refractivity contribution is 0.466. The summed E-state index contributed by atoms with van der Waals surface area (Å²) >= 11 is 0.279. The quantitative estimate of drug-likeness (QED) is 0.426. The van der Waals surface area contributed by atoms with Gasteiger partial charge in [-0.2, -0.15) is 0 Å². The largest absolute Gasteiger partial charge is 0.364 e. The van der Waals surface area contributed by atoms with Gasteiger partial charge in [0, 0.05) is 0 Å². The van der Waals surface area contributed by atoms with E-state index in [0.29, 0.717) is 5.41 Å². The lowest BCUT2D eigenvalue weighted by atomic mass is 10.0. The fraction of sp³-hybridized carbons (Fsp3) is 1.00. The monoisotopic (exact) mass is 180 g/mol. The minimum Gasteiger partial charge on any atom is -0.146 e. The molecule has 0 aliphatic rings. The van der Waals surface area contributed by atoms with Gasteiger partial charge in [-0.1, -0.05) is 58.8 Å². The highest BCUT2D eigenvalue weighted by molar-refractivity contribution is 6.35. The maximum Gasteiger partial charge on any atom is 0.364 e. The normalized spacial score (nSPS) is 11.3. The Morgan fingerprint density at radius 2 is 1.67 bits per heavy atom. The summed E-state index contributed by atoms with van der Waals surface area (Å²) in [6.45, 7) is 9.39. The standard InChI is InChI=1S/C6H13.C5H11.Mg/c1-3-5-6-4-2;1-5(2,3)4;/h1,3-6H2,2H3;1H2,2-4H3;. The molecule has 0 saturated carbocycles. The van der Waals surface area contributed by atoms with Gasteiger partial charge in [-0.05, 0) is 0 Å². The summed E-state index contributed by atoms with van der Waals surface area (Å²) in [5.41, 5.74) is 0.608. The number of hydrogen-bond acceptors (Lipinski definition) is 0. The van der Waals surface area contributed by atoms with Crippen LogP contribution in [0.25, 0.3) is 0 Å². The van der Waals surface area contributed by atoms with Crippen molar-refractivity contribution in [2.24, 2.45) is 5.41 Å². The molecule has 0 atom stereocenters. The van der Waals surface area contributed by atoms with Crippen molar-refractivity contribution in [3.63, 3.8) is 0 Å². The number of hydrogen-bond donors (Lipinski definition) is 0. The third kappa shape index (κ3) is 10.8. The van der Waals surface area contributed by atoms with Crippen LogP contribution in [0.4, 0.5) is 0 Å². The van der Waals surface area contributed by atoms with Crippen molar-refractivity contribution >= 4 is 20.4 Å². The van der Waals surface area contributed by atoms with Crippen LogP contribution in [0, 0.1) is 5.41 Å². The summed E-state index contributed by atoms with van der Waals surface area (Å²) in [6.07, 6.45) is 5.81. The lowest BCUT2D eigenvalue weighted by Crippen LogP contribution is -2.08. The second kappa shape index (κ2) is 7.20. The van der Waals surface area contributed by atoms with Crippen molar-refractivity contribution < 1.29 is 0 Å². The molecule has 0 fully saturated rings. The van der Waals surface area contributed by atoms with Gasteiger partial charge in [-0.15, -0.1) is 9.10 Å². The van der Waals surface area contributed by atoms with Crippen LogP contribution in [0.5, 0.6) is 0 Å². The summed E-state index contributed by atoms with van der Waals surface area (Å²) in [4.78, 5) is 0. The molecule has 12 heavy (non-hydrogen) atoms. The van der Waals surface area contributed by atoms with Crippen LogP contribution >= 0.6 is 0 Å². The van der Waals surface area contributed by atoms with Crippen LogP contribution in [-0.2, 0) is 0 Å². The topological polar surface area (TPSA) is 0 Å². The molecule has 70 valence electrons. The van der Waals surface area contributed by atoms with E-state index in [1.165, 1.54) is 30.2 Å². The van der Waals surface area contributed by atoms with E-state index in [1.54, 1.807) is 4.55 Å². The van der Waals surface area contributed by atoms with Gasteiger partial charge in [0.05, 0.1) is 0 Å². The Hall–Kier alpha value is 0.766. The van der Waals surface area contributed by atoms with E-state index in [0.717, 1.165) is 0 Å². The molecule has 0 aromatic rings. The van der Waals surface area contributed by atoms with Crippen molar-refractivity contribution in [2.45, 2.75) is 62.5 Å². The van der Waals surface area contributed by atoms with Gasteiger partial charge < -0.3 is 0 Å². The SMILES string of the molecule is CCCCC[CH2][Mg][CH2]C(C)(C)C. The van der Waals surface area contributed by atoms with Crippen molar-refractivity contribution in [3.05, 3.63) is 0 Å². The smallest absolute Gasteiger partial charge is 0.146 e. The first kappa shape index (κ1) is 12.8. The number of rotatable bonds is 6. The molecule has 0 aliphatic heterocycles. The summed E-state index contributed by atoms with van der Waals surface area (Å²) in [5, 5.41) is 0. The maximum atomic E-state index is 2.37. The van der Waals surface area contributed by atoms with E-state index < -0.39 is 0 Å². The molecule has 0 N–H and O–H groups in total. The first-order chi connectivity index (χ1) is 5.56. The fourth-order valence-electron chi connectivity index (χ4n) is 1.44. The molecule has 0 radical (unpaired) electrons. The van der Waals surface area contributed by atoms with Crippen LogP contribution in [0.2, 0.25) is 9.10 Å². The van der Waals surface area contributed by atoms with Crippen LogP contribution in [0.3, 0.4) is 0 Å². The Balaban J connectivity index is 3.01. The molecule has 0 aromatic carbocycles. The average Bonchev–Trinajstić information content (AvgIpc) is 1.94. The van der Waals surface area contributed by atoms with E-state index in [-0.39, 0.29) is 20.4 Å². The first-order valence-corrected chi connectivity index (χ1v) is 7.56. The van der Waals surface area contributed by atoms with Crippen LogP contribution in [-0.4, -0.2) is 20.4 Å². The van der Waals surface area contributed by atoms with Gasteiger partial charge in [0.15, 0.2) is 0 Å². The average molecular weight is 181 g/mol. The summed E-state index contributed by atoms with van der Waals surface area (Å²) < 4.78 is 3.11. The van der Waals surface area contributed by atoms with Gasteiger partial charge >= 0.3 is 20.4 Å². The van der Waals surface area contributed by atoms with Crippen molar-refractivity contribution in [2.75, 3.05) is 0 Å². The van der Waals surface area contributed by atoms with Crippen molar-refractivity contribution in [1.82, 2.24) is 0 Å². The summed E-state index contributed by atoms with van der Waals surface area (Å²) in [7, 11) is 0.